The summed E-state index contributed by atoms with van der Waals surface area (Å²) in [5, 5.41) is 18.1. The highest BCUT2D eigenvalue weighted by Crippen LogP contribution is 2.59. The van der Waals surface area contributed by atoms with Gasteiger partial charge in [0.1, 0.15) is 40.0 Å². The Labute approximate surface area is 245 Å². The van der Waals surface area contributed by atoms with Crippen LogP contribution in [-0.4, -0.2) is 63.6 Å². The lowest BCUT2D eigenvalue weighted by atomic mass is 10.0. The molecule has 2 aliphatic rings. The molecule has 11 nitrogen and oxygen atoms in total. The third kappa shape index (κ3) is 4.88. The summed E-state index contributed by atoms with van der Waals surface area (Å²) in [6, 6.07) is 4.97. The highest BCUT2D eigenvalue weighted by atomic mass is 79.9. The van der Waals surface area contributed by atoms with E-state index in [-0.39, 0.29) is 29.8 Å². The predicted octanol–water partition coefficient (Wildman–Crippen LogP) is 4.04. The number of carbonyl (C=O) groups excluding carboxylic acids is 2. The van der Waals surface area contributed by atoms with Crippen LogP contribution in [0, 0.1) is 26.2 Å². The van der Waals surface area contributed by atoms with E-state index < -0.39 is 12.1 Å². The molecule has 12 heteroatoms. The van der Waals surface area contributed by atoms with Gasteiger partial charge in [-0.2, -0.15) is 5.10 Å². The number of hydrogen-bond acceptors (Lipinski definition) is 8. The smallest absolute Gasteiger partial charge is 0.248 e. The van der Waals surface area contributed by atoms with Crippen LogP contribution in [0.5, 0.6) is 0 Å². The van der Waals surface area contributed by atoms with Crippen LogP contribution in [0.2, 0.25) is 0 Å². The summed E-state index contributed by atoms with van der Waals surface area (Å²) in [5.74, 6) is 0.676. The first-order valence-corrected chi connectivity index (χ1v) is 14.3. The lowest BCUT2D eigenvalue weighted by Crippen LogP contribution is -2.47. The van der Waals surface area contributed by atoms with Crippen molar-refractivity contribution in [3.8, 4) is 11.3 Å². The quantitative estimate of drug-likeness (QED) is 0.309. The molecule has 1 aliphatic heterocycles. The normalized spacial score (nSPS) is 22.1. The van der Waals surface area contributed by atoms with Crippen molar-refractivity contribution in [1.29, 1.82) is 0 Å². The molecule has 2 N–H and O–H groups in total. The van der Waals surface area contributed by atoms with Crippen molar-refractivity contribution in [2.45, 2.75) is 72.2 Å². The van der Waals surface area contributed by atoms with Gasteiger partial charge < -0.3 is 15.3 Å². The molecule has 1 saturated heterocycles. The third-order valence-electron chi connectivity index (χ3n) is 8.20. The number of rotatable bonds is 6. The Morgan fingerprint density at radius 3 is 2.59 bits per heavy atom. The molecule has 1 saturated carbocycles. The van der Waals surface area contributed by atoms with E-state index in [0.717, 1.165) is 23.1 Å². The molecular weight excluding hydrogens is 588 g/mol. The van der Waals surface area contributed by atoms with E-state index in [4.69, 9.17) is 4.98 Å². The van der Waals surface area contributed by atoms with E-state index in [1.807, 2.05) is 39.0 Å². The molecule has 0 spiro atoms. The molecule has 4 atom stereocenters. The van der Waals surface area contributed by atoms with Gasteiger partial charge in [-0.1, -0.05) is 13.0 Å². The summed E-state index contributed by atoms with van der Waals surface area (Å²) in [6.45, 7) is 9.28. The van der Waals surface area contributed by atoms with E-state index in [0.29, 0.717) is 45.1 Å². The van der Waals surface area contributed by atoms with Crippen LogP contribution in [-0.2, 0) is 16.1 Å². The van der Waals surface area contributed by atoms with Gasteiger partial charge >= 0.3 is 0 Å². The number of likely N-dealkylation sites (tertiary alicyclic amines) is 1. The van der Waals surface area contributed by atoms with E-state index >= 15 is 0 Å². The van der Waals surface area contributed by atoms with Gasteiger partial charge in [0.25, 0.3) is 0 Å². The number of piperidine rings is 1. The number of aliphatic hydroxyl groups is 1. The second-order valence-electron chi connectivity index (χ2n) is 11.4. The zero-order valence-electron chi connectivity index (χ0n) is 23.5. The second-order valence-corrected chi connectivity index (χ2v) is 12.3. The van der Waals surface area contributed by atoms with Crippen LogP contribution < -0.4 is 5.32 Å². The largest absolute Gasteiger partial charge is 0.387 e. The average molecular weight is 620 g/mol. The lowest BCUT2D eigenvalue weighted by Gasteiger charge is -2.27. The molecular formula is C29H31BrN8O3. The van der Waals surface area contributed by atoms with Crippen LogP contribution in [0.15, 0.2) is 35.2 Å². The molecule has 6 rings (SSSR count). The van der Waals surface area contributed by atoms with Crippen molar-refractivity contribution in [3.05, 3.63) is 57.8 Å². The van der Waals surface area contributed by atoms with Crippen LogP contribution in [0.3, 0.4) is 0 Å². The number of carbonyl (C=O) groups is 2. The molecule has 2 amide bonds. The molecule has 0 bridgehead atoms. The summed E-state index contributed by atoms with van der Waals surface area (Å²) in [4.78, 5) is 46.8. The Bertz CT molecular complexity index is 1700. The molecule has 0 aromatic carbocycles. The van der Waals surface area contributed by atoms with E-state index in [1.165, 1.54) is 0 Å². The van der Waals surface area contributed by atoms with Gasteiger partial charge in [-0.25, -0.2) is 19.9 Å². The fourth-order valence-electron chi connectivity index (χ4n) is 5.87. The Kier molecular flexibility index (Phi) is 6.65. The van der Waals surface area contributed by atoms with Gasteiger partial charge in [-0.05, 0) is 85.1 Å². The topological polar surface area (TPSA) is 139 Å². The summed E-state index contributed by atoms with van der Waals surface area (Å²) >= 11 is 3.36. The Hall–Kier alpha value is -3.77. The maximum atomic E-state index is 13.9. The number of aryl methyl sites for hydroxylation is 3. The summed E-state index contributed by atoms with van der Waals surface area (Å²) in [5.41, 5.74) is 4.57. The van der Waals surface area contributed by atoms with Gasteiger partial charge in [-0.3, -0.25) is 14.3 Å². The van der Waals surface area contributed by atoms with E-state index in [9.17, 15) is 14.7 Å². The van der Waals surface area contributed by atoms with Gasteiger partial charge in [0.2, 0.25) is 11.8 Å². The molecule has 1 aliphatic carbocycles. The van der Waals surface area contributed by atoms with Gasteiger partial charge in [-0.15, -0.1) is 0 Å². The second kappa shape index (κ2) is 9.95. The molecule has 2 fully saturated rings. The molecule has 4 aromatic rings. The van der Waals surface area contributed by atoms with Crippen molar-refractivity contribution in [2.24, 2.45) is 5.41 Å². The average Bonchev–Trinajstić information content (AvgIpc) is 3.27. The van der Waals surface area contributed by atoms with E-state index in [1.54, 1.807) is 28.9 Å². The number of amides is 2. The number of pyridine rings is 2. The number of nitrogens with zero attached hydrogens (tertiary/aromatic N) is 7. The molecule has 2 unspecified atom stereocenters. The Balaban J connectivity index is 1.31. The molecule has 41 heavy (non-hydrogen) atoms. The molecule has 5 heterocycles. The fraction of sp³-hybridized carbons (Fsp3) is 0.414. The third-order valence-corrected chi connectivity index (χ3v) is 8.64. The van der Waals surface area contributed by atoms with Crippen LogP contribution in [0.1, 0.15) is 55.4 Å². The first-order valence-electron chi connectivity index (χ1n) is 13.6. The Morgan fingerprint density at radius 2 is 1.88 bits per heavy atom. The zero-order chi connectivity index (χ0) is 29.2. The van der Waals surface area contributed by atoms with Crippen molar-refractivity contribution in [1.82, 2.24) is 34.6 Å². The van der Waals surface area contributed by atoms with Gasteiger partial charge in [0.05, 0.1) is 17.3 Å². The molecule has 212 valence electrons. The minimum Gasteiger partial charge on any atom is -0.387 e. The van der Waals surface area contributed by atoms with Crippen LogP contribution >= 0.6 is 15.9 Å². The van der Waals surface area contributed by atoms with Crippen LogP contribution in [0.4, 0.5) is 5.82 Å². The van der Waals surface area contributed by atoms with E-state index in [2.05, 4.69) is 48.2 Å². The van der Waals surface area contributed by atoms with Crippen molar-refractivity contribution >= 4 is 44.6 Å². The highest BCUT2D eigenvalue weighted by molar-refractivity contribution is 9.10. The predicted molar refractivity (Wildman–Crippen MR) is 156 cm³/mol. The maximum absolute atomic E-state index is 13.9. The lowest BCUT2D eigenvalue weighted by molar-refractivity contribution is -0.138. The number of nitrogens with one attached hydrogen (secondary N) is 1. The van der Waals surface area contributed by atoms with Crippen molar-refractivity contribution in [3.63, 3.8) is 0 Å². The summed E-state index contributed by atoms with van der Waals surface area (Å²) in [6.07, 6.45) is 3.97. The monoisotopic (exact) mass is 618 g/mol. The minimum absolute atomic E-state index is 0.00672. The fourth-order valence-corrected chi connectivity index (χ4v) is 6.18. The standard InChI is InChI=1S/C29H31BrN8O3/c1-14-6-7-22(30)34-27(14)35-28(41)20-9-29(5)10-21(29)38(20)23(40)13-37-26-15(2)8-19(18-11-31-17(4)32-12-18)33-25(26)24(36-37)16(3)39/h6-8,11-12,16,20-21,39H,9-10,13H2,1-5H3,(H,34,35,41)/t16?,20-,21?,29-/m0/s1. The van der Waals surface area contributed by atoms with Crippen molar-refractivity contribution < 1.29 is 14.7 Å². The minimum atomic E-state index is -0.900. The first kappa shape index (κ1) is 27.4. The SMILES string of the molecule is Cc1ncc(-c2cc(C)c3c(n2)c(C(C)O)nn3CC(=O)N2C3C[C@]3(C)C[C@H]2C(=O)Nc2nc(Br)ccc2C)cn1. The van der Waals surface area contributed by atoms with Gasteiger partial charge in [0.15, 0.2) is 0 Å². The molecule has 0 radical (unpaired) electrons. The molecule has 4 aromatic heterocycles. The highest BCUT2D eigenvalue weighted by Gasteiger charge is 2.64. The van der Waals surface area contributed by atoms with Crippen molar-refractivity contribution in [2.75, 3.05) is 5.32 Å². The number of halogens is 1. The number of fused-ring (bicyclic) bond motifs is 2. The first-order chi connectivity index (χ1) is 19.4. The summed E-state index contributed by atoms with van der Waals surface area (Å²) < 4.78 is 2.22. The van der Waals surface area contributed by atoms with Crippen LogP contribution in [0.25, 0.3) is 22.3 Å². The Morgan fingerprint density at radius 1 is 1.15 bits per heavy atom. The van der Waals surface area contributed by atoms with Gasteiger partial charge in [0, 0.05) is 24.0 Å². The summed E-state index contributed by atoms with van der Waals surface area (Å²) in [7, 11) is 0. The number of hydrogen-bond donors (Lipinski definition) is 2. The number of aromatic nitrogens is 6. The number of aliphatic hydroxyl groups excluding tert-OH is 1. The zero-order valence-corrected chi connectivity index (χ0v) is 25.1. The maximum Gasteiger partial charge on any atom is 0.248 e. The number of anilines is 1.